The number of hydrogen-bond acceptors (Lipinski definition) is 4. The van der Waals surface area contributed by atoms with E-state index in [0.717, 1.165) is 22.3 Å². The number of pyridine rings is 1. The molecule has 0 amide bonds. The van der Waals surface area contributed by atoms with Gasteiger partial charge < -0.3 is 5.11 Å². The number of aliphatic hydroxyl groups excluding tert-OH is 1. The molecular weight excluding hydrogens is 619 g/mol. The number of carbonyl (C=O) groups excluding carboxylic acids is 1. The molecule has 0 saturated heterocycles. The molecule has 1 N–H and O–H groups in total. The van der Waals surface area contributed by atoms with Gasteiger partial charge in [0.05, 0.1) is 16.0 Å². The van der Waals surface area contributed by atoms with E-state index in [-0.39, 0.29) is 31.6 Å². The van der Waals surface area contributed by atoms with Crippen molar-refractivity contribution in [1.29, 1.82) is 0 Å². The van der Waals surface area contributed by atoms with Crippen LogP contribution in [0.25, 0.3) is 31.9 Å². The van der Waals surface area contributed by atoms with Crippen LogP contribution in [0.15, 0.2) is 66.4 Å². The van der Waals surface area contributed by atoms with Gasteiger partial charge in [0.25, 0.3) is 0 Å². The molecule has 2 aromatic carbocycles. The van der Waals surface area contributed by atoms with E-state index in [1.807, 2.05) is 0 Å². The number of ketones is 1. The van der Waals surface area contributed by atoms with Crippen LogP contribution in [-0.4, -0.2) is 15.9 Å². The van der Waals surface area contributed by atoms with E-state index >= 15 is 0 Å². The van der Waals surface area contributed by atoms with Gasteiger partial charge >= 0.3 is 0 Å². The third-order valence-electron chi connectivity index (χ3n) is 5.07. The van der Waals surface area contributed by atoms with Gasteiger partial charge in [0.15, 0.2) is 5.78 Å². The molecule has 0 aliphatic carbocycles. The molecule has 0 atom stereocenters. The molecule has 0 aliphatic heterocycles. The number of rotatable bonds is 4. The Morgan fingerprint density at radius 1 is 1.03 bits per heavy atom. The summed E-state index contributed by atoms with van der Waals surface area (Å²) in [6, 6.07) is 23.1. The predicted octanol–water partition coefficient (Wildman–Crippen LogP) is 8.21. The predicted molar refractivity (Wildman–Crippen MR) is 140 cm³/mol. The molecule has 3 nitrogen and oxygen atoms in total. The van der Waals surface area contributed by atoms with Gasteiger partial charge in [-0.05, 0) is 48.7 Å². The van der Waals surface area contributed by atoms with Crippen LogP contribution in [0.5, 0.6) is 0 Å². The maximum atomic E-state index is 10.0. The van der Waals surface area contributed by atoms with Gasteiger partial charge in [-0.3, -0.25) is 9.78 Å². The molecule has 0 bridgehead atoms. The second kappa shape index (κ2) is 12.2. The van der Waals surface area contributed by atoms with Gasteiger partial charge in [-0.25, -0.2) is 0 Å². The molecule has 5 heteroatoms. The first-order chi connectivity index (χ1) is 15.6. The number of fused-ring (bicyclic) bond motifs is 1. The monoisotopic (exact) mass is 649 g/mol. The third-order valence-corrected chi connectivity index (χ3v) is 6.21. The van der Waals surface area contributed by atoms with Crippen molar-refractivity contribution in [2.24, 2.45) is 0 Å². The number of aliphatic hydroxyl groups is 1. The number of thiophene rings is 1. The zero-order chi connectivity index (χ0) is 24.1. The second-order valence-electron chi connectivity index (χ2n) is 8.62. The van der Waals surface area contributed by atoms with Crippen molar-refractivity contribution in [3.63, 3.8) is 0 Å². The first-order valence-electron chi connectivity index (χ1n) is 11.0. The van der Waals surface area contributed by atoms with Crippen molar-refractivity contribution in [3.8, 4) is 21.7 Å². The Morgan fingerprint density at radius 2 is 1.71 bits per heavy atom. The Hall–Kier alpha value is -2.59. The molecule has 34 heavy (non-hydrogen) atoms. The quantitative estimate of drug-likeness (QED) is 0.138. The van der Waals surface area contributed by atoms with E-state index in [4.69, 9.17) is 10.1 Å². The normalized spacial score (nSPS) is 11.1. The third kappa shape index (κ3) is 7.46. The molecule has 4 aromatic rings. The van der Waals surface area contributed by atoms with Gasteiger partial charge in [0.1, 0.15) is 0 Å². The molecule has 0 saturated carbocycles. The topological polar surface area (TPSA) is 50.2 Å². The number of allylic oxidation sites excluding steroid dienone is 2. The van der Waals surface area contributed by atoms with Crippen LogP contribution in [0.3, 0.4) is 0 Å². The summed E-state index contributed by atoms with van der Waals surface area (Å²) >= 11 is 1.80. The van der Waals surface area contributed by atoms with Gasteiger partial charge in [0.2, 0.25) is 0 Å². The van der Waals surface area contributed by atoms with Crippen LogP contribution >= 0.6 is 11.3 Å². The van der Waals surface area contributed by atoms with Crippen molar-refractivity contribution in [3.05, 3.63) is 89.2 Å². The Bertz CT molecular complexity index is 1280. The Morgan fingerprint density at radius 3 is 2.24 bits per heavy atom. The van der Waals surface area contributed by atoms with Gasteiger partial charge in [-0.15, -0.1) is 46.2 Å². The first kappa shape index (κ1) is 27.7. The minimum absolute atomic E-state index is 0. The fraction of sp³-hybridized carbons (Fsp3) is 0.241. The molecule has 2 aromatic heterocycles. The number of nitrogens with zero attached hydrogens (tertiary/aromatic N) is 1. The maximum absolute atomic E-state index is 10.0. The van der Waals surface area contributed by atoms with E-state index < -0.39 is 0 Å². The minimum Gasteiger partial charge on any atom is -0.512 e. The fourth-order valence-electron chi connectivity index (χ4n) is 3.58. The largest absolute Gasteiger partial charge is 0.512 e. The van der Waals surface area contributed by atoms with Crippen LogP contribution in [-0.2, 0) is 24.9 Å². The summed E-state index contributed by atoms with van der Waals surface area (Å²) in [4.78, 5) is 16.2. The van der Waals surface area contributed by atoms with Crippen LogP contribution in [0.2, 0.25) is 0 Å². The van der Waals surface area contributed by atoms with Crippen LogP contribution in [0.1, 0.15) is 50.3 Å². The molecule has 179 valence electrons. The molecule has 0 aliphatic rings. The number of aryl methyl sites for hydroxylation is 2. The van der Waals surface area contributed by atoms with E-state index in [1.165, 1.54) is 46.2 Å². The van der Waals surface area contributed by atoms with Gasteiger partial charge in [-0.1, -0.05) is 58.0 Å². The Balaban J connectivity index is 0.000000449. The smallest absolute Gasteiger partial charge is 0.155 e. The van der Waals surface area contributed by atoms with Crippen molar-refractivity contribution >= 4 is 27.3 Å². The Labute approximate surface area is 219 Å². The average Bonchev–Trinajstić information content (AvgIpc) is 3.16. The molecule has 0 fully saturated rings. The van der Waals surface area contributed by atoms with Gasteiger partial charge in [-0.2, -0.15) is 0 Å². The summed E-state index contributed by atoms with van der Waals surface area (Å²) in [5.41, 5.74) is 8.15. The van der Waals surface area contributed by atoms with E-state index in [1.54, 1.807) is 11.3 Å². The van der Waals surface area contributed by atoms with Crippen LogP contribution in [0, 0.1) is 19.9 Å². The van der Waals surface area contributed by atoms with Crippen LogP contribution < -0.4 is 0 Å². The van der Waals surface area contributed by atoms with Crippen molar-refractivity contribution in [2.45, 2.75) is 47.5 Å². The van der Waals surface area contributed by atoms with E-state index in [2.05, 4.69) is 88.4 Å². The standard InChI is InChI=1S/C24H22NS.C5H8O2.Ir/c1-15(2)18-5-7-19(8-6-18)24-14-22-23(26-24)10-9-21(25-22)20-12-16(3)11-17(4)13-20;1-4(6)3-5(2)7;/h5-12,14-15H,1-4H3;3,6H,1-2H3;/q-1;;/b;4-3-;. The van der Waals surface area contributed by atoms with E-state index in [0.29, 0.717) is 5.92 Å². The van der Waals surface area contributed by atoms with Crippen molar-refractivity contribution < 1.29 is 30.0 Å². The van der Waals surface area contributed by atoms with E-state index in [9.17, 15) is 4.79 Å². The average molecular weight is 649 g/mol. The molecular formula is C29H30IrNO2S-. The van der Waals surface area contributed by atoms with Crippen molar-refractivity contribution in [2.75, 3.05) is 0 Å². The number of hydrogen-bond donors (Lipinski definition) is 1. The Kier molecular flexibility index (Phi) is 9.93. The number of aromatic nitrogens is 1. The molecule has 0 spiro atoms. The molecule has 1 radical (unpaired) electrons. The first-order valence-corrected chi connectivity index (χ1v) is 11.8. The minimum atomic E-state index is -0.125. The fourth-order valence-corrected chi connectivity index (χ4v) is 4.58. The van der Waals surface area contributed by atoms with Crippen LogP contribution in [0.4, 0.5) is 0 Å². The zero-order valence-electron chi connectivity index (χ0n) is 20.4. The SMILES string of the molecule is CC(=O)/C=C(/C)O.Cc1[c-]c(-c2ccc3sc(-c4ccc(C(C)C)cc4)cc3n2)cc(C)c1.[Ir]. The molecule has 2 heterocycles. The number of benzene rings is 2. The van der Waals surface area contributed by atoms with Gasteiger partial charge in [0, 0.05) is 31.1 Å². The summed E-state index contributed by atoms with van der Waals surface area (Å²) in [5.74, 6) is 0.497. The summed E-state index contributed by atoms with van der Waals surface area (Å²) in [6.45, 7) is 11.5. The molecule has 0 unspecified atom stereocenters. The zero-order valence-corrected chi connectivity index (χ0v) is 23.6. The summed E-state index contributed by atoms with van der Waals surface area (Å²) in [7, 11) is 0. The molecule has 4 rings (SSSR count). The summed E-state index contributed by atoms with van der Waals surface area (Å²) < 4.78 is 1.22. The van der Waals surface area contributed by atoms with Crippen molar-refractivity contribution in [1.82, 2.24) is 4.98 Å². The summed E-state index contributed by atoms with van der Waals surface area (Å²) in [6.07, 6.45) is 1.17. The maximum Gasteiger partial charge on any atom is 0.155 e. The summed E-state index contributed by atoms with van der Waals surface area (Å²) in [5, 5.41) is 8.36. The number of carbonyl (C=O) groups is 1. The second-order valence-corrected chi connectivity index (χ2v) is 9.70.